The highest BCUT2D eigenvalue weighted by Gasteiger charge is 2.25. The Morgan fingerprint density at radius 2 is 1.87 bits per heavy atom. The molecule has 0 saturated heterocycles. The molecule has 5 rings (SSSR count). The standard InChI is InChI=1S/C25H22N2O3/c1-30-17-12-13-19-18(14-17)20-21(24(28)16-10-6-3-7-11-16)22(15-8-4-2-5-9-15)27-23(20)25(29)26-19/h3,6-8,10-14,27H,2,4-5,9H2,1H3,(H,26,29). The lowest BCUT2D eigenvalue weighted by Crippen LogP contribution is -2.07. The van der Waals surface area contributed by atoms with E-state index in [0.29, 0.717) is 33.3 Å². The van der Waals surface area contributed by atoms with Crippen molar-refractivity contribution in [3.05, 3.63) is 81.8 Å². The van der Waals surface area contributed by atoms with Crippen molar-refractivity contribution in [3.8, 4) is 5.75 Å². The maximum atomic E-state index is 13.7. The monoisotopic (exact) mass is 398 g/mol. The Morgan fingerprint density at radius 3 is 2.60 bits per heavy atom. The number of hydrogen-bond acceptors (Lipinski definition) is 3. The second kappa shape index (κ2) is 7.34. The van der Waals surface area contributed by atoms with Crippen LogP contribution in [0.25, 0.3) is 27.4 Å². The van der Waals surface area contributed by atoms with Gasteiger partial charge in [-0.1, -0.05) is 36.4 Å². The number of allylic oxidation sites excluding steroid dienone is 2. The van der Waals surface area contributed by atoms with E-state index >= 15 is 0 Å². The van der Waals surface area contributed by atoms with Crippen molar-refractivity contribution in [1.29, 1.82) is 0 Å². The Bertz CT molecular complexity index is 1360. The molecule has 4 aromatic rings. The number of hydrogen-bond donors (Lipinski definition) is 2. The molecule has 0 aliphatic heterocycles. The number of H-pyrrole nitrogens is 2. The first-order valence-corrected chi connectivity index (χ1v) is 10.2. The van der Waals surface area contributed by atoms with E-state index in [9.17, 15) is 9.59 Å². The minimum absolute atomic E-state index is 0.0851. The van der Waals surface area contributed by atoms with Crippen molar-refractivity contribution in [2.75, 3.05) is 7.11 Å². The van der Waals surface area contributed by atoms with Crippen LogP contribution in [0, 0.1) is 0 Å². The summed E-state index contributed by atoms with van der Waals surface area (Å²) in [4.78, 5) is 32.9. The summed E-state index contributed by atoms with van der Waals surface area (Å²) in [7, 11) is 1.61. The van der Waals surface area contributed by atoms with Crippen LogP contribution in [0.2, 0.25) is 0 Å². The summed E-state index contributed by atoms with van der Waals surface area (Å²) in [5, 5.41) is 1.45. The first-order chi connectivity index (χ1) is 14.7. The van der Waals surface area contributed by atoms with Gasteiger partial charge in [-0.3, -0.25) is 9.59 Å². The van der Waals surface area contributed by atoms with Crippen molar-refractivity contribution in [2.24, 2.45) is 0 Å². The van der Waals surface area contributed by atoms with Crippen molar-refractivity contribution < 1.29 is 9.53 Å². The van der Waals surface area contributed by atoms with E-state index in [0.717, 1.165) is 42.3 Å². The Labute approximate surface area is 173 Å². The van der Waals surface area contributed by atoms with Crippen LogP contribution >= 0.6 is 0 Å². The first kappa shape index (κ1) is 18.4. The first-order valence-electron chi connectivity index (χ1n) is 10.2. The number of fused-ring (bicyclic) bond motifs is 3. The quantitative estimate of drug-likeness (QED) is 0.464. The Morgan fingerprint density at radius 1 is 1.03 bits per heavy atom. The van der Waals surface area contributed by atoms with Crippen LogP contribution in [0.5, 0.6) is 5.75 Å². The molecule has 0 amide bonds. The van der Waals surface area contributed by atoms with Crippen molar-refractivity contribution in [1.82, 2.24) is 9.97 Å². The molecule has 0 spiro atoms. The SMILES string of the molecule is COc1ccc2[nH]c(=O)c3[nH]c(C4=CCCCC4)c(C(=O)c4ccccc4)c3c2c1. The normalized spacial score (nSPS) is 14.1. The molecule has 2 aromatic carbocycles. The van der Waals surface area contributed by atoms with Gasteiger partial charge in [0.1, 0.15) is 11.3 Å². The fourth-order valence-electron chi connectivity index (χ4n) is 4.36. The fraction of sp³-hybridized carbons (Fsp3) is 0.200. The number of ketones is 1. The van der Waals surface area contributed by atoms with Gasteiger partial charge in [0.25, 0.3) is 5.56 Å². The third-order valence-corrected chi connectivity index (χ3v) is 5.85. The summed E-state index contributed by atoms with van der Waals surface area (Å²) in [5.41, 5.74) is 3.91. The maximum Gasteiger partial charge on any atom is 0.272 e. The van der Waals surface area contributed by atoms with Crippen molar-refractivity contribution >= 4 is 33.2 Å². The lowest BCUT2D eigenvalue weighted by Gasteiger charge is -2.13. The minimum atomic E-state index is -0.229. The van der Waals surface area contributed by atoms with Crippen LogP contribution in [0.15, 0.2) is 59.4 Å². The van der Waals surface area contributed by atoms with Crippen molar-refractivity contribution in [2.45, 2.75) is 25.7 Å². The number of benzene rings is 2. The molecule has 0 radical (unpaired) electrons. The molecule has 0 bridgehead atoms. The molecular weight excluding hydrogens is 376 g/mol. The molecule has 2 N–H and O–H groups in total. The smallest absolute Gasteiger partial charge is 0.272 e. The molecule has 5 nitrogen and oxygen atoms in total. The van der Waals surface area contributed by atoms with Gasteiger partial charge in [0.2, 0.25) is 0 Å². The predicted molar refractivity (Wildman–Crippen MR) is 119 cm³/mol. The van der Waals surface area contributed by atoms with Gasteiger partial charge >= 0.3 is 0 Å². The van der Waals surface area contributed by atoms with Gasteiger partial charge in [-0.15, -0.1) is 0 Å². The Hall–Kier alpha value is -3.60. The van der Waals surface area contributed by atoms with Gasteiger partial charge < -0.3 is 14.7 Å². The predicted octanol–water partition coefficient (Wildman–Crippen LogP) is 5.21. The fourth-order valence-corrected chi connectivity index (χ4v) is 4.36. The van der Waals surface area contributed by atoms with Gasteiger partial charge in [0, 0.05) is 21.9 Å². The molecule has 1 aliphatic carbocycles. The number of carbonyl (C=O) groups is 1. The highest BCUT2D eigenvalue weighted by molar-refractivity contribution is 6.24. The zero-order valence-electron chi connectivity index (χ0n) is 16.7. The van der Waals surface area contributed by atoms with Crippen LogP contribution in [0.3, 0.4) is 0 Å². The highest BCUT2D eigenvalue weighted by Crippen LogP contribution is 2.36. The highest BCUT2D eigenvalue weighted by atomic mass is 16.5. The Kier molecular flexibility index (Phi) is 4.51. The maximum absolute atomic E-state index is 13.7. The number of nitrogens with one attached hydrogen (secondary N) is 2. The van der Waals surface area contributed by atoms with E-state index in [-0.39, 0.29) is 11.3 Å². The summed E-state index contributed by atoms with van der Waals surface area (Å²) >= 11 is 0. The molecule has 5 heteroatoms. The number of aromatic nitrogens is 2. The van der Waals surface area contributed by atoms with Crippen LogP contribution in [-0.4, -0.2) is 22.9 Å². The van der Waals surface area contributed by atoms with Crippen molar-refractivity contribution in [3.63, 3.8) is 0 Å². The topological polar surface area (TPSA) is 75.0 Å². The average Bonchev–Trinajstić information content (AvgIpc) is 3.21. The van der Waals surface area contributed by atoms with Gasteiger partial charge in [0.15, 0.2) is 5.78 Å². The third kappa shape index (κ3) is 2.94. The van der Waals surface area contributed by atoms with Crippen LogP contribution in [0.4, 0.5) is 0 Å². The third-order valence-electron chi connectivity index (χ3n) is 5.85. The number of aromatic amines is 2. The van der Waals surface area contributed by atoms with E-state index in [1.165, 1.54) is 0 Å². The van der Waals surface area contributed by atoms with E-state index in [1.54, 1.807) is 13.2 Å². The summed E-state index contributed by atoms with van der Waals surface area (Å²) in [6, 6.07) is 14.7. The number of methoxy groups -OCH3 is 1. The van der Waals surface area contributed by atoms with Crippen LogP contribution in [-0.2, 0) is 0 Å². The molecule has 1 aliphatic rings. The molecular formula is C25H22N2O3. The molecule has 2 heterocycles. The van der Waals surface area contributed by atoms with E-state index in [2.05, 4.69) is 16.0 Å². The molecule has 0 saturated carbocycles. The second-order valence-corrected chi connectivity index (χ2v) is 7.66. The molecule has 2 aromatic heterocycles. The number of carbonyl (C=O) groups excluding carboxylic acids is 1. The van der Waals surface area contributed by atoms with E-state index in [1.807, 2.05) is 42.5 Å². The molecule has 150 valence electrons. The lowest BCUT2D eigenvalue weighted by molar-refractivity contribution is 0.104. The summed E-state index contributed by atoms with van der Waals surface area (Å²) < 4.78 is 5.41. The van der Waals surface area contributed by atoms with Crippen LogP contribution in [0.1, 0.15) is 47.3 Å². The minimum Gasteiger partial charge on any atom is -0.497 e. The summed E-state index contributed by atoms with van der Waals surface area (Å²) in [5.74, 6) is 0.589. The largest absolute Gasteiger partial charge is 0.497 e. The molecule has 30 heavy (non-hydrogen) atoms. The summed E-state index contributed by atoms with van der Waals surface area (Å²) in [6.45, 7) is 0. The second-order valence-electron chi connectivity index (χ2n) is 7.66. The van der Waals surface area contributed by atoms with Gasteiger partial charge in [0.05, 0.1) is 18.4 Å². The molecule has 0 atom stereocenters. The molecule has 0 fully saturated rings. The van der Waals surface area contributed by atoms with Crippen LogP contribution < -0.4 is 10.3 Å². The molecule has 0 unspecified atom stereocenters. The number of rotatable bonds is 4. The average molecular weight is 398 g/mol. The number of pyridine rings is 1. The number of ether oxygens (including phenoxy) is 1. The lowest BCUT2D eigenvalue weighted by atomic mass is 9.91. The summed E-state index contributed by atoms with van der Waals surface area (Å²) in [6.07, 6.45) is 6.28. The Balaban J connectivity index is 1.91. The van der Waals surface area contributed by atoms with Gasteiger partial charge in [-0.05, 0) is 49.5 Å². The zero-order chi connectivity index (χ0) is 20.7. The van der Waals surface area contributed by atoms with E-state index in [4.69, 9.17) is 4.74 Å². The zero-order valence-corrected chi connectivity index (χ0v) is 16.7. The van der Waals surface area contributed by atoms with E-state index < -0.39 is 0 Å². The van der Waals surface area contributed by atoms with Gasteiger partial charge in [-0.25, -0.2) is 0 Å². The van der Waals surface area contributed by atoms with Gasteiger partial charge in [-0.2, -0.15) is 0 Å².